The van der Waals surface area contributed by atoms with Gasteiger partial charge in [-0.3, -0.25) is 9.78 Å². The molecule has 7 heteroatoms. The lowest BCUT2D eigenvalue weighted by molar-refractivity contribution is 0.101. The lowest BCUT2D eigenvalue weighted by atomic mass is 9.97. The average Bonchev–Trinajstić information content (AvgIpc) is 2.62. The molecule has 2 amide bonds. The fourth-order valence-corrected chi connectivity index (χ4v) is 2.79. The highest BCUT2D eigenvalue weighted by Crippen LogP contribution is 2.23. The molecule has 25 heavy (non-hydrogen) atoms. The Bertz CT molecular complexity index is 793. The second kappa shape index (κ2) is 7.29. The molecule has 0 aliphatic carbocycles. The maximum absolute atomic E-state index is 13.0. The van der Waals surface area contributed by atoms with Gasteiger partial charge in [0.1, 0.15) is 5.82 Å². The van der Waals surface area contributed by atoms with Gasteiger partial charge >= 0.3 is 6.09 Å². The Balaban J connectivity index is 1.78. The van der Waals surface area contributed by atoms with Crippen LogP contribution in [0.2, 0.25) is 0 Å². The summed E-state index contributed by atoms with van der Waals surface area (Å²) in [7, 11) is 0. The minimum atomic E-state index is -0.366. The predicted octanol–water partition coefficient (Wildman–Crippen LogP) is 2.99. The van der Waals surface area contributed by atoms with Crippen molar-refractivity contribution >= 4 is 17.7 Å². The van der Waals surface area contributed by atoms with Crippen molar-refractivity contribution in [2.45, 2.75) is 19.9 Å². The molecule has 0 fully saturated rings. The zero-order chi connectivity index (χ0) is 17.8. The Morgan fingerprint density at radius 1 is 1.28 bits per heavy atom. The monoisotopic (exact) mass is 343 g/mol. The summed E-state index contributed by atoms with van der Waals surface area (Å²) in [4.78, 5) is 30.1. The van der Waals surface area contributed by atoms with Gasteiger partial charge in [-0.05, 0) is 48.7 Å². The van der Waals surface area contributed by atoms with E-state index in [1.807, 2.05) is 0 Å². The van der Waals surface area contributed by atoms with Gasteiger partial charge in [0.15, 0.2) is 0 Å². The fourth-order valence-electron chi connectivity index (χ4n) is 2.79. The molecule has 6 nitrogen and oxygen atoms in total. The van der Waals surface area contributed by atoms with Crippen molar-refractivity contribution in [2.24, 2.45) is 0 Å². The molecule has 3 rings (SSSR count). The summed E-state index contributed by atoms with van der Waals surface area (Å²) in [5, 5.41) is 2.74. The van der Waals surface area contributed by atoms with Gasteiger partial charge in [0, 0.05) is 24.6 Å². The highest BCUT2D eigenvalue weighted by molar-refractivity contribution is 6.05. The number of rotatable bonds is 3. The van der Waals surface area contributed by atoms with Crippen LogP contribution in [-0.4, -0.2) is 35.0 Å². The van der Waals surface area contributed by atoms with Crippen molar-refractivity contribution in [3.8, 4) is 0 Å². The Hall–Kier alpha value is -2.96. The molecule has 1 aliphatic rings. The van der Waals surface area contributed by atoms with Gasteiger partial charge in [0.25, 0.3) is 5.91 Å². The first-order valence-electron chi connectivity index (χ1n) is 8.03. The smallest absolute Gasteiger partial charge is 0.410 e. The van der Waals surface area contributed by atoms with Gasteiger partial charge in [-0.15, -0.1) is 0 Å². The van der Waals surface area contributed by atoms with Gasteiger partial charge in [-0.1, -0.05) is 0 Å². The summed E-state index contributed by atoms with van der Waals surface area (Å²) < 4.78 is 18.0. The van der Waals surface area contributed by atoms with Crippen molar-refractivity contribution in [3.05, 3.63) is 59.2 Å². The van der Waals surface area contributed by atoms with E-state index < -0.39 is 0 Å². The molecule has 1 aromatic carbocycles. The number of pyridine rings is 1. The molecule has 1 aromatic heterocycles. The SMILES string of the molecule is CCOC(=O)N1CCc2c(cncc2C(=O)Nc2ccc(F)cc2)C1. The molecule has 0 spiro atoms. The van der Waals surface area contributed by atoms with E-state index in [0.29, 0.717) is 37.4 Å². The number of nitrogens with one attached hydrogen (secondary N) is 1. The topological polar surface area (TPSA) is 71.5 Å². The van der Waals surface area contributed by atoms with E-state index in [1.54, 1.807) is 18.0 Å². The van der Waals surface area contributed by atoms with E-state index in [2.05, 4.69) is 10.3 Å². The van der Waals surface area contributed by atoms with Crippen LogP contribution in [0.5, 0.6) is 0 Å². The molecule has 1 N–H and O–H groups in total. The van der Waals surface area contributed by atoms with E-state index in [9.17, 15) is 14.0 Å². The molecule has 0 atom stereocenters. The number of halogens is 1. The summed E-state index contributed by atoms with van der Waals surface area (Å²) in [6.07, 6.45) is 3.35. The number of ether oxygens (including phenoxy) is 1. The molecular formula is C18H18FN3O3. The zero-order valence-electron chi connectivity index (χ0n) is 13.8. The normalized spacial score (nSPS) is 13.1. The summed E-state index contributed by atoms with van der Waals surface area (Å²) >= 11 is 0. The molecule has 0 bridgehead atoms. The molecule has 0 saturated heterocycles. The number of anilines is 1. The Labute approximate surface area is 144 Å². The molecule has 2 aromatic rings. The van der Waals surface area contributed by atoms with Crippen LogP contribution in [0, 0.1) is 5.82 Å². The van der Waals surface area contributed by atoms with Crippen molar-refractivity contribution in [3.63, 3.8) is 0 Å². The van der Waals surface area contributed by atoms with Crippen LogP contribution < -0.4 is 5.32 Å². The number of aromatic nitrogens is 1. The molecule has 1 aliphatic heterocycles. The van der Waals surface area contributed by atoms with Crippen LogP contribution in [0.1, 0.15) is 28.4 Å². The largest absolute Gasteiger partial charge is 0.450 e. The van der Waals surface area contributed by atoms with Gasteiger partial charge in [0.05, 0.1) is 18.7 Å². The highest BCUT2D eigenvalue weighted by Gasteiger charge is 2.25. The van der Waals surface area contributed by atoms with Gasteiger partial charge in [-0.25, -0.2) is 9.18 Å². The lowest BCUT2D eigenvalue weighted by Crippen LogP contribution is -2.37. The van der Waals surface area contributed by atoms with Crippen LogP contribution in [0.15, 0.2) is 36.7 Å². The van der Waals surface area contributed by atoms with E-state index >= 15 is 0 Å². The van der Waals surface area contributed by atoms with Crippen molar-refractivity contribution < 1.29 is 18.7 Å². The highest BCUT2D eigenvalue weighted by atomic mass is 19.1. The zero-order valence-corrected chi connectivity index (χ0v) is 13.8. The molecular weight excluding hydrogens is 325 g/mol. The summed E-state index contributed by atoms with van der Waals surface area (Å²) in [5.74, 6) is -0.670. The van der Waals surface area contributed by atoms with Crippen molar-refractivity contribution in [1.29, 1.82) is 0 Å². The average molecular weight is 343 g/mol. The van der Waals surface area contributed by atoms with E-state index in [1.165, 1.54) is 30.5 Å². The first-order valence-corrected chi connectivity index (χ1v) is 8.03. The maximum Gasteiger partial charge on any atom is 0.410 e. The number of carbonyl (C=O) groups excluding carboxylic acids is 2. The Morgan fingerprint density at radius 2 is 2.04 bits per heavy atom. The Kier molecular flexibility index (Phi) is 4.92. The van der Waals surface area contributed by atoms with Crippen LogP contribution in [0.25, 0.3) is 0 Å². The molecule has 130 valence electrons. The lowest BCUT2D eigenvalue weighted by Gasteiger charge is -2.28. The van der Waals surface area contributed by atoms with E-state index in [0.717, 1.165) is 11.1 Å². The molecule has 0 unspecified atom stereocenters. The first kappa shape index (κ1) is 16.9. The van der Waals surface area contributed by atoms with Gasteiger partial charge in [0.2, 0.25) is 0 Å². The third-order valence-electron chi connectivity index (χ3n) is 4.01. The van der Waals surface area contributed by atoms with Crippen LogP contribution >= 0.6 is 0 Å². The molecule has 0 saturated carbocycles. The second-order valence-electron chi connectivity index (χ2n) is 5.66. The van der Waals surface area contributed by atoms with Crippen LogP contribution in [0.4, 0.5) is 14.9 Å². The third-order valence-corrected chi connectivity index (χ3v) is 4.01. The number of benzene rings is 1. The second-order valence-corrected chi connectivity index (χ2v) is 5.66. The summed E-state index contributed by atoms with van der Waals surface area (Å²) in [6.45, 7) is 2.92. The molecule has 2 heterocycles. The van der Waals surface area contributed by atoms with Crippen molar-refractivity contribution in [1.82, 2.24) is 9.88 Å². The van der Waals surface area contributed by atoms with Gasteiger partial charge < -0.3 is 15.0 Å². The predicted molar refractivity (Wildman–Crippen MR) is 89.7 cm³/mol. The molecule has 0 radical (unpaired) electrons. The minimum Gasteiger partial charge on any atom is -0.450 e. The van der Waals surface area contributed by atoms with Crippen LogP contribution in [0.3, 0.4) is 0 Å². The van der Waals surface area contributed by atoms with E-state index in [-0.39, 0.29) is 17.8 Å². The van der Waals surface area contributed by atoms with Crippen LogP contribution in [-0.2, 0) is 17.7 Å². The van der Waals surface area contributed by atoms with E-state index in [4.69, 9.17) is 4.74 Å². The third kappa shape index (κ3) is 3.76. The van der Waals surface area contributed by atoms with Gasteiger partial charge in [-0.2, -0.15) is 0 Å². The number of hydrogen-bond acceptors (Lipinski definition) is 4. The number of amides is 2. The quantitative estimate of drug-likeness (QED) is 0.930. The van der Waals surface area contributed by atoms with Crippen molar-refractivity contribution in [2.75, 3.05) is 18.5 Å². The maximum atomic E-state index is 13.0. The summed E-state index contributed by atoms with van der Waals surface area (Å²) in [6, 6.07) is 5.56. The number of fused-ring (bicyclic) bond motifs is 1. The number of hydrogen-bond donors (Lipinski definition) is 1. The first-order chi connectivity index (χ1) is 12.1. The fraction of sp³-hybridized carbons (Fsp3) is 0.278. The Morgan fingerprint density at radius 3 is 2.76 bits per heavy atom. The minimum absolute atomic E-state index is 0.305. The number of nitrogens with zero attached hydrogens (tertiary/aromatic N) is 2. The number of carbonyl (C=O) groups is 2. The standard InChI is InChI=1S/C18H18FN3O3/c1-2-25-18(24)22-8-7-15-12(11-22)9-20-10-16(15)17(23)21-14-5-3-13(19)4-6-14/h3-6,9-10H,2,7-8,11H2,1H3,(H,21,23). The summed E-state index contributed by atoms with van der Waals surface area (Å²) in [5.41, 5.74) is 2.67.